The highest BCUT2D eigenvalue weighted by Crippen LogP contribution is 2.40. The molecule has 1 aliphatic rings. The number of nitrogen functional groups attached to an aromatic ring is 1. The number of hydrogen-bond donors (Lipinski definition) is 3. The van der Waals surface area contributed by atoms with Crippen LogP contribution in [0.1, 0.15) is 13.2 Å². The van der Waals surface area contributed by atoms with Crippen molar-refractivity contribution in [3.8, 4) is 0 Å². The first-order valence-electron chi connectivity index (χ1n) is 5.61. The van der Waals surface area contributed by atoms with Gasteiger partial charge in [-0.3, -0.25) is 4.57 Å². The molecule has 0 saturated carbocycles. The standard InChI is InChI=1S/C11H14N4O4/c1-11(13-2)8(17)6(5-16)19-9(11)15-4-3-7(12)14-10(15)18/h3-4,6,8-9,16-17H,5H2,1H3,(H2,12,14,18)/t6-,8-,9-,11-/m1/s1. The minimum absolute atomic E-state index is 0.0584. The lowest BCUT2D eigenvalue weighted by atomic mass is 9.93. The van der Waals surface area contributed by atoms with E-state index in [1.54, 1.807) is 0 Å². The molecule has 1 aliphatic heterocycles. The van der Waals surface area contributed by atoms with Crippen molar-refractivity contribution in [1.82, 2.24) is 9.55 Å². The van der Waals surface area contributed by atoms with Crippen LogP contribution in [0.15, 0.2) is 17.1 Å². The summed E-state index contributed by atoms with van der Waals surface area (Å²) in [4.78, 5) is 18.7. The SMILES string of the molecule is [C-]#[N+][C@]1(C)[C@H](O)[C@@H](CO)O[C@H]1n1ccc(N)nc1=O. The molecule has 1 saturated heterocycles. The summed E-state index contributed by atoms with van der Waals surface area (Å²) in [5.41, 5.74) is 3.34. The summed E-state index contributed by atoms with van der Waals surface area (Å²) >= 11 is 0. The fourth-order valence-electron chi connectivity index (χ4n) is 2.12. The third-order valence-electron chi connectivity index (χ3n) is 3.28. The van der Waals surface area contributed by atoms with Crippen molar-refractivity contribution < 1.29 is 14.9 Å². The van der Waals surface area contributed by atoms with E-state index in [0.29, 0.717) is 0 Å². The maximum absolute atomic E-state index is 11.8. The summed E-state index contributed by atoms with van der Waals surface area (Å²) in [5.74, 6) is 0.0584. The summed E-state index contributed by atoms with van der Waals surface area (Å²) in [7, 11) is 0. The Morgan fingerprint density at radius 2 is 2.42 bits per heavy atom. The third kappa shape index (κ3) is 1.98. The van der Waals surface area contributed by atoms with Crippen LogP contribution in [0.4, 0.5) is 5.82 Å². The average molecular weight is 266 g/mol. The summed E-state index contributed by atoms with van der Waals surface area (Å²) in [6.07, 6.45) is -1.80. The van der Waals surface area contributed by atoms with Crippen LogP contribution in [0.5, 0.6) is 0 Å². The molecule has 0 unspecified atom stereocenters. The van der Waals surface area contributed by atoms with Crippen molar-refractivity contribution in [2.75, 3.05) is 12.3 Å². The summed E-state index contributed by atoms with van der Waals surface area (Å²) in [5, 5.41) is 19.2. The molecule has 0 aliphatic carbocycles. The predicted molar refractivity (Wildman–Crippen MR) is 64.9 cm³/mol. The number of nitrogens with zero attached hydrogens (tertiary/aromatic N) is 3. The van der Waals surface area contributed by atoms with E-state index < -0.39 is 36.3 Å². The fourth-order valence-corrected chi connectivity index (χ4v) is 2.12. The molecule has 19 heavy (non-hydrogen) atoms. The van der Waals surface area contributed by atoms with Gasteiger partial charge in [-0.1, -0.05) is 0 Å². The highest BCUT2D eigenvalue weighted by atomic mass is 16.5. The molecule has 2 heterocycles. The first kappa shape index (κ1) is 13.5. The van der Waals surface area contributed by atoms with Gasteiger partial charge in [0.1, 0.15) is 11.9 Å². The number of nitrogens with two attached hydrogens (primary N) is 1. The van der Waals surface area contributed by atoms with Crippen molar-refractivity contribution in [3.63, 3.8) is 0 Å². The lowest BCUT2D eigenvalue weighted by molar-refractivity contribution is -0.0476. The number of rotatable bonds is 2. The quantitative estimate of drug-likeness (QED) is 0.576. The lowest BCUT2D eigenvalue weighted by Gasteiger charge is -2.21. The van der Waals surface area contributed by atoms with Crippen LogP contribution >= 0.6 is 0 Å². The Kier molecular flexibility index (Phi) is 3.28. The van der Waals surface area contributed by atoms with E-state index in [-0.39, 0.29) is 5.82 Å². The van der Waals surface area contributed by atoms with Gasteiger partial charge in [-0.05, 0) is 6.07 Å². The molecule has 8 heteroatoms. The minimum atomic E-state index is -1.38. The molecule has 1 aromatic heterocycles. The van der Waals surface area contributed by atoms with Gasteiger partial charge in [0.15, 0.2) is 6.10 Å². The van der Waals surface area contributed by atoms with Gasteiger partial charge in [-0.2, -0.15) is 4.98 Å². The highest BCUT2D eigenvalue weighted by Gasteiger charge is 2.60. The Labute approximate surface area is 108 Å². The number of hydrogen-bond acceptors (Lipinski definition) is 6. The summed E-state index contributed by atoms with van der Waals surface area (Å²) < 4.78 is 6.50. The molecule has 102 valence electrons. The van der Waals surface area contributed by atoms with E-state index in [1.165, 1.54) is 19.2 Å². The van der Waals surface area contributed by atoms with Crippen LogP contribution in [0.3, 0.4) is 0 Å². The molecule has 1 fully saturated rings. The van der Waals surface area contributed by atoms with Crippen LogP contribution in [0.2, 0.25) is 0 Å². The smallest absolute Gasteiger partial charge is 0.351 e. The van der Waals surface area contributed by atoms with Gasteiger partial charge >= 0.3 is 11.2 Å². The predicted octanol–water partition coefficient (Wildman–Crippen LogP) is -1.25. The largest absolute Gasteiger partial charge is 0.394 e. The minimum Gasteiger partial charge on any atom is -0.394 e. The number of ether oxygens (including phenoxy) is 1. The molecule has 0 radical (unpaired) electrons. The topological polar surface area (TPSA) is 115 Å². The van der Waals surface area contributed by atoms with Gasteiger partial charge in [0, 0.05) is 13.1 Å². The van der Waals surface area contributed by atoms with E-state index in [9.17, 15) is 9.90 Å². The van der Waals surface area contributed by atoms with Crippen LogP contribution < -0.4 is 11.4 Å². The zero-order chi connectivity index (χ0) is 14.2. The fraction of sp³-hybridized carbons (Fsp3) is 0.545. The Morgan fingerprint density at radius 3 is 2.95 bits per heavy atom. The second-order valence-electron chi connectivity index (χ2n) is 4.53. The van der Waals surface area contributed by atoms with Gasteiger partial charge in [0.25, 0.3) is 0 Å². The van der Waals surface area contributed by atoms with Gasteiger partial charge in [-0.15, -0.1) is 0 Å². The molecule has 0 amide bonds. The number of aliphatic hydroxyl groups excluding tert-OH is 2. The number of aromatic nitrogens is 2. The molecule has 0 aromatic carbocycles. The molecule has 2 rings (SSSR count). The van der Waals surface area contributed by atoms with Crippen LogP contribution in [-0.4, -0.2) is 44.1 Å². The first-order valence-corrected chi connectivity index (χ1v) is 5.61. The zero-order valence-corrected chi connectivity index (χ0v) is 10.2. The van der Waals surface area contributed by atoms with E-state index in [4.69, 9.17) is 22.1 Å². The Hall–Kier alpha value is -1.95. The molecule has 0 bridgehead atoms. The van der Waals surface area contributed by atoms with Crippen molar-refractivity contribution in [2.45, 2.75) is 30.9 Å². The maximum Gasteiger partial charge on any atom is 0.351 e. The molecule has 0 spiro atoms. The second kappa shape index (κ2) is 4.62. The van der Waals surface area contributed by atoms with Crippen molar-refractivity contribution in [3.05, 3.63) is 34.2 Å². The van der Waals surface area contributed by atoms with Gasteiger partial charge in [-0.25, -0.2) is 11.4 Å². The zero-order valence-electron chi connectivity index (χ0n) is 10.2. The van der Waals surface area contributed by atoms with Crippen LogP contribution in [-0.2, 0) is 4.74 Å². The molecule has 4 atom stereocenters. The lowest BCUT2D eigenvalue weighted by Crippen LogP contribution is -2.43. The Morgan fingerprint density at radius 1 is 1.74 bits per heavy atom. The Bertz CT molecular complexity index is 581. The molecule has 1 aromatic rings. The first-order chi connectivity index (χ1) is 8.93. The van der Waals surface area contributed by atoms with Crippen molar-refractivity contribution in [2.24, 2.45) is 0 Å². The maximum atomic E-state index is 11.8. The van der Waals surface area contributed by atoms with Gasteiger partial charge < -0.3 is 25.5 Å². The van der Waals surface area contributed by atoms with Crippen molar-refractivity contribution in [1.29, 1.82) is 0 Å². The van der Waals surface area contributed by atoms with Crippen LogP contribution in [0, 0.1) is 6.57 Å². The Balaban J connectivity index is 2.49. The van der Waals surface area contributed by atoms with E-state index >= 15 is 0 Å². The second-order valence-corrected chi connectivity index (χ2v) is 4.53. The van der Waals surface area contributed by atoms with Crippen LogP contribution in [0.25, 0.3) is 4.85 Å². The monoisotopic (exact) mass is 266 g/mol. The molecular formula is C11H14N4O4. The van der Waals surface area contributed by atoms with E-state index in [2.05, 4.69) is 9.83 Å². The molecular weight excluding hydrogens is 252 g/mol. The van der Waals surface area contributed by atoms with Crippen molar-refractivity contribution >= 4 is 5.82 Å². The van der Waals surface area contributed by atoms with E-state index in [0.717, 1.165) is 4.57 Å². The third-order valence-corrected chi connectivity index (χ3v) is 3.28. The van der Waals surface area contributed by atoms with Gasteiger partial charge in [0.05, 0.1) is 6.61 Å². The van der Waals surface area contributed by atoms with Gasteiger partial charge in [0.2, 0.25) is 6.23 Å². The highest BCUT2D eigenvalue weighted by molar-refractivity contribution is 5.24. The summed E-state index contributed by atoms with van der Waals surface area (Å²) in [6.45, 7) is 8.25. The molecule has 8 nitrogen and oxygen atoms in total. The number of aliphatic hydroxyl groups is 2. The normalized spacial score (nSPS) is 34.1. The average Bonchev–Trinajstić information content (AvgIpc) is 2.63. The van der Waals surface area contributed by atoms with E-state index in [1.807, 2.05) is 0 Å². The summed E-state index contributed by atoms with van der Waals surface area (Å²) in [6, 6.07) is 1.40. The number of anilines is 1. The molecule has 4 N–H and O–H groups in total.